The second-order valence-corrected chi connectivity index (χ2v) is 4.34. The minimum atomic E-state index is -0.602. The van der Waals surface area contributed by atoms with Gasteiger partial charge in [-0.3, -0.25) is 4.79 Å². The smallest absolute Gasteiger partial charge is 0.218 e. The summed E-state index contributed by atoms with van der Waals surface area (Å²) < 4.78 is 19.1. The minimum absolute atomic E-state index is 0.0404. The average molecular weight is 310 g/mol. The van der Waals surface area contributed by atoms with E-state index >= 15 is 0 Å². The molecule has 0 aliphatic heterocycles. The first-order valence-electron chi connectivity index (χ1n) is 5.13. The van der Waals surface area contributed by atoms with E-state index in [-0.39, 0.29) is 15.7 Å². The summed E-state index contributed by atoms with van der Waals surface area (Å²) in [6, 6.07) is 7.79. The Hall–Kier alpha value is -1.75. The van der Waals surface area contributed by atoms with Crippen molar-refractivity contribution in [3.8, 4) is 5.75 Å². The molecule has 0 N–H and O–H groups in total. The van der Waals surface area contributed by atoms with Gasteiger partial charge in [0, 0.05) is 6.20 Å². The molecule has 0 unspecified atom stereocenters. The molecule has 0 amide bonds. The van der Waals surface area contributed by atoms with E-state index in [1.165, 1.54) is 25.4 Å². The molecular weight excluding hydrogens is 301 g/mol. The monoisotopic (exact) mass is 309 g/mol. The Bertz CT molecular complexity index is 601. The molecule has 0 aliphatic carbocycles. The predicted molar refractivity (Wildman–Crippen MR) is 68.3 cm³/mol. The molecule has 0 saturated carbocycles. The molecule has 1 aromatic carbocycles. The van der Waals surface area contributed by atoms with Gasteiger partial charge in [-0.05, 0) is 40.2 Å². The summed E-state index contributed by atoms with van der Waals surface area (Å²) in [4.78, 5) is 16.1. The molecule has 1 aromatic heterocycles. The number of nitrogens with zero attached hydrogens (tertiary/aromatic N) is 1. The molecule has 18 heavy (non-hydrogen) atoms. The van der Waals surface area contributed by atoms with Crippen molar-refractivity contribution in [2.24, 2.45) is 0 Å². The van der Waals surface area contributed by atoms with Crippen molar-refractivity contribution >= 4 is 21.7 Å². The standard InChI is InChI=1S/C13H9BrFNO2/c1-18-10-6-3-7-16-12(10)13(17)8-4-2-5-9(14)11(8)15/h2-7H,1H3. The number of methoxy groups -OCH3 is 1. The maximum Gasteiger partial charge on any atom is 0.218 e. The highest BCUT2D eigenvalue weighted by Crippen LogP contribution is 2.24. The molecular formula is C13H9BrFNO2. The van der Waals surface area contributed by atoms with Crippen molar-refractivity contribution in [1.82, 2.24) is 4.98 Å². The summed E-state index contributed by atoms with van der Waals surface area (Å²) in [5.74, 6) is -0.789. The molecule has 0 atom stereocenters. The van der Waals surface area contributed by atoms with Crippen molar-refractivity contribution < 1.29 is 13.9 Å². The SMILES string of the molecule is COc1cccnc1C(=O)c1cccc(Br)c1F. The van der Waals surface area contributed by atoms with Crippen molar-refractivity contribution in [3.63, 3.8) is 0 Å². The van der Waals surface area contributed by atoms with Crippen LogP contribution in [0.4, 0.5) is 4.39 Å². The Kier molecular flexibility index (Phi) is 3.72. The third-order valence-corrected chi connectivity index (χ3v) is 3.01. The fourth-order valence-electron chi connectivity index (χ4n) is 1.53. The Morgan fingerprint density at radius 2 is 2.11 bits per heavy atom. The van der Waals surface area contributed by atoms with Crippen LogP contribution in [-0.2, 0) is 0 Å². The first-order chi connectivity index (χ1) is 8.65. The van der Waals surface area contributed by atoms with Crippen molar-refractivity contribution in [1.29, 1.82) is 0 Å². The lowest BCUT2D eigenvalue weighted by molar-refractivity contribution is 0.102. The first-order valence-corrected chi connectivity index (χ1v) is 5.92. The Morgan fingerprint density at radius 1 is 1.33 bits per heavy atom. The van der Waals surface area contributed by atoms with Gasteiger partial charge in [-0.15, -0.1) is 0 Å². The number of hydrogen-bond donors (Lipinski definition) is 0. The zero-order valence-electron chi connectivity index (χ0n) is 9.48. The molecule has 3 nitrogen and oxygen atoms in total. The summed E-state index contributed by atoms with van der Waals surface area (Å²) in [6.07, 6.45) is 1.46. The number of halogens is 2. The third-order valence-electron chi connectivity index (χ3n) is 2.40. The fourth-order valence-corrected chi connectivity index (χ4v) is 1.90. The highest BCUT2D eigenvalue weighted by molar-refractivity contribution is 9.10. The third kappa shape index (κ3) is 2.26. The molecule has 0 saturated heterocycles. The Labute approximate surface area is 112 Å². The van der Waals surface area contributed by atoms with Crippen LogP contribution >= 0.6 is 15.9 Å². The van der Waals surface area contributed by atoms with E-state index in [2.05, 4.69) is 20.9 Å². The van der Waals surface area contributed by atoms with Gasteiger partial charge in [0.1, 0.15) is 11.6 Å². The van der Waals surface area contributed by atoms with Gasteiger partial charge in [-0.25, -0.2) is 9.37 Å². The van der Waals surface area contributed by atoms with E-state index < -0.39 is 11.6 Å². The van der Waals surface area contributed by atoms with Gasteiger partial charge < -0.3 is 4.74 Å². The van der Waals surface area contributed by atoms with Crippen LogP contribution in [0.15, 0.2) is 41.0 Å². The van der Waals surface area contributed by atoms with Crippen molar-refractivity contribution in [2.75, 3.05) is 7.11 Å². The molecule has 0 spiro atoms. The van der Waals surface area contributed by atoms with Crippen LogP contribution in [-0.4, -0.2) is 17.9 Å². The number of hydrogen-bond acceptors (Lipinski definition) is 3. The van der Waals surface area contributed by atoms with E-state index in [1.54, 1.807) is 18.2 Å². The first kappa shape index (κ1) is 12.7. The quantitative estimate of drug-likeness (QED) is 0.817. The number of rotatable bonds is 3. The number of benzene rings is 1. The lowest BCUT2D eigenvalue weighted by atomic mass is 10.1. The Morgan fingerprint density at radius 3 is 2.83 bits per heavy atom. The van der Waals surface area contributed by atoms with Gasteiger partial charge in [0.05, 0.1) is 17.1 Å². The van der Waals surface area contributed by atoms with Crippen molar-refractivity contribution in [3.05, 3.63) is 58.1 Å². The summed E-state index contributed by atoms with van der Waals surface area (Å²) in [5.41, 5.74) is 0.0541. The van der Waals surface area contributed by atoms with E-state index in [0.717, 1.165) is 0 Å². The van der Waals surface area contributed by atoms with Gasteiger partial charge in [0.15, 0.2) is 5.69 Å². The van der Waals surface area contributed by atoms with Gasteiger partial charge >= 0.3 is 0 Å². The molecule has 1 heterocycles. The molecule has 0 fully saturated rings. The zero-order valence-corrected chi connectivity index (χ0v) is 11.1. The van der Waals surface area contributed by atoms with Gasteiger partial charge in [-0.1, -0.05) is 6.07 Å². The summed E-state index contributed by atoms with van der Waals surface area (Å²) in [5, 5.41) is 0. The van der Waals surface area contributed by atoms with Crippen LogP contribution in [0.1, 0.15) is 16.1 Å². The van der Waals surface area contributed by atoms with E-state index in [1.807, 2.05) is 0 Å². The summed E-state index contributed by atoms with van der Waals surface area (Å²) in [7, 11) is 1.44. The molecule has 2 aromatic rings. The average Bonchev–Trinajstić information content (AvgIpc) is 2.41. The second kappa shape index (κ2) is 5.27. The van der Waals surface area contributed by atoms with Crippen LogP contribution < -0.4 is 4.74 Å². The lowest BCUT2D eigenvalue weighted by Crippen LogP contribution is -2.08. The number of aromatic nitrogens is 1. The lowest BCUT2D eigenvalue weighted by Gasteiger charge is -2.07. The molecule has 92 valence electrons. The molecule has 2 rings (SSSR count). The van der Waals surface area contributed by atoms with Crippen LogP contribution in [0, 0.1) is 5.82 Å². The van der Waals surface area contributed by atoms with Crippen LogP contribution in [0.5, 0.6) is 5.75 Å². The van der Waals surface area contributed by atoms with Crippen LogP contribution in [0.3, 0.4) is 0 Å². The maximum atomic E-state index is 13.8. The molecule has 5 heteroatoms. The van der Waals surface area contributed by atoms with Gasteiger partial charge in [0.2, 0.25) is 5.78 Å². The normalized spacial score (nSPS) is 10.2. The topological polar surface area (TPSA) is 39.2 Å². The fraction of sp³-hybridized carbons (Fsp3) is 0.0769. The molecule has 0 bridgehead atoms. The van der Waals surface area contributed by atoms with Gasteiger partial charge in [-0.2, -0.15) is 0 Å². The largest absolute Gasteiger partial charge is 0.494 e. The highest BCUT2D eigenvalue weighted by atomic mass is 79.9. The van der Waals surface area contributed by atoms with Crippen molar-refractivity contribution in [2.45, 2.75) is 0 Å². The minimum Gasteiger partial charge on any atom is -0.494 e. The van der Waals surface area contributed by atoms with Crippen LogP contribution in [0.25, 0.3) is 0 Å². The van der Waals surface area contributed by atoms with Gasteiger partial charge in [0.25, 0.3) is 0 Å². The predicted octanol–water partition coefficient (Wildman–Crippen LogP) is 3.22. The number of ketones is 1. The maximum absolute atomic E-state index is 13.8. The number of carbonyl (C=O) groups excluding carboxylic acids is 1. The zero-order chi connectivity index (χ0) is 13.1. The highest BCUT2D eigenvalue weighted by Gasteiger charge is 2.20. The summed E-state index contributed by atoms with van der Waals surface area (Å²) >= 11 is 3.04. The Balaban J connectivity index is 2.52. The molecule has 0 aliphatic rings. The molecule has 0 radical (unpaired) electrons. The van der Waals surface area contributed by atoms with E-state index in [4.69, 9.17) is 4.74 Å². The number of pyridine rings is 1. The van der Waals surface area contributed by atoms with Crippen LogP contribution in [0.2, 0.25) is 0 Å². The van der Waals surface area contributed by atoms with E-state index in [0.29, 0.717) is 5.75 Å². The second-order valence-electron chi connectivity index (χ2n) is 3.48. The summed E-state index contributed by atoms with van der Waals surface area (Å²) in [6.45, 7) is 0. The van der Waals surface area contributed by atoms with E-state index in [9.17, 15) is 9.18 Å². The number of carbonyl (C=O) groups is 1. The number of ether oxygens (including phenoxy) is 1.